The summed E-state index contributed by atoms with van der Waals surface area (Å²) in [6, 6.07) is 1.23. The minimum atomic E-state index is -2.69. The molecule has 0 fully saturated rings. The predicted octanol–water partition coefficient (Wildman–Crippen LogP) is 1.65. The summed E-state index contributed by atoms with van der Waals surface area (Å²) in [6.07, 6.45) is -0.340. The Morgan fingerprint density at radius 2 is 2.57 bits per heavy atom. The number of carbonyl (C=O) groups is 1. The van der Waals surface area contributed by atoms with Crippen LogP contribution in [0.5, 0.6) is 0 Å². The van der Waals surface area contributed by atoms with Crippen molar-refractivity contribution in [2.75, 3.05) is 0 Å². The number of hydrogen-bond acceptors (Lipinski definition) is 2. The summed E-state index contributed by atoms with van der Waals surface area (Å²) in [6.45, 7) is -1.14. The van der Waals surface area contributed by atoms with E-state index in [2.05, 4.69) is 5.10 Å². The second-order valence-electron chi connectivity index (χ2n) is 2.89. The number of nitrogens with zero attached hydrogens (tertiary/aromatic N) is 2. The van der Waals surface area contributed by atoms with Crippen molar-refractivity contribution in [3.05, 3.63) is 35.1 Å². The van der Waals surface area contributed by atoms with E-state index in [4.69, 9.17) is 12.0 Å². The van der Waals surface area contributed by atoms with Crippen molar-refractivity contribution in [1.82, 2.24) is 9.61 Å². The highest BCUT2D eigenvalue weighted by molar-refractivity contribution is 5.96. The Hall–Kier alpha value is -1.84. The lowest BCUT2D eigenvalue weighted by Gasteiger charge is -1.95. The summed E-state index contributed by atoms with van der Waals surface area (Å²) >= 11 is 0. The van der Waals surface area contributed by atoms with Gasteiger partial charge in [-0.3, -0.25) is 0 Å². The Morgan fingerprint density at radius 3 is 3.21 bits per heavy atom. The molecule has 0 saturated heterocycles. The van der Waals surface area contributed by atoms with Gasteiger partial charge in [-0.05, 0) is 31.4 Å². The number of rotatable bonds is 1. The van der Waals surface area contributed by atoms with E-state index in [1.54, 1.807) is 6.92 Å². The lowest BCUT2D eigenvalue weighted by atomic mass is 10.2. The lowest BCUT2D eigenvalue weighted by molar-refractivity contribution is 0.0698. The molecule has 0 saturated carbocycles. The Balaban J connectivity index is 2.98. The second-order valence-corrected chi connectivity index (χ2v) is 2.89. The number of carboxylic acids is 1. The maximum Gasteiger partial charge on any atom is 0.339 e. The third kappa shape index (κ3) is 1.16. The first-order valence-electron chi connectivity index (χ1n) is 6.38. The van der Waals surface area contributed by atoms with Crippen LogP contribution in [0.1, 0.15) is 28.5 Å². The van der Waals surface area contributed by atoms with Crippen LogP contribution >= 0.6 is 0 Å². The SMILES string of the molecule is [2H]c1c(C)cc2c(C(=O)O)c(C([2H])([2H])[2H])nn2c1[2H]. The molecular formula is C10H10N2O2. The number of fused-ring (bicyclic) bond motifs is 1. The number of hydrogen-bond donors (Lipinski definition) is 1. The van der Waals surface area contributed by atoms with Gasteiger partial charge in [-0.1, -0.05) is 0 Å². The van der Waals surface area contributed by atoms with Gasteiger partial charge in [-0.25, -0.2) is 9.31 Å². The smallest absolute Gasteiger partial charge is 0.339 e. The molecule has 1 N–H and O–H groups in total. The molecule has 0 unspecified atom stereocenters. The van der Waals surface area contributed by atoms with E-state index in [0.717, 1.165) is 4.52 Å². The summed E-state index contributed by atoms with van der Waals surface area (Å²) in [5, 5.41) is 12.8. The fourth-order valence-corrected chi connectivity index (χ4v) is 1.24. The molecule has 0 aliphatic rings. The van der Waals surface area contributed by atoms with E-state index < -0.39 is 24.1 Å². The van der Waals surface area contributed by atoms with E-state index in [9.17, 15) is 4.79 Å². The summed E-state index contributed by atoms with van der Waals surface area (Å²) in [7, 11) is 0. The molecule has 0 aliphatic carbocycles. The van der Waals surface area contributed by atoms with Gasteiger partial charge in [0.15, 0.2) is 0 Å². The highest BCUT2D eigenvalue weighted by Crippen LogP contribution is 2.16. The average Bonchev–Trinajstić information content (AvgIpc) is 2.65. The molecule has 4 nitrogen and oxygen atoms in total. The highest BCUT2D eigenvalue weighted by atomic mass is 16.4. The lowest BCUT2D eigenvalue weighted by Crippen LogP contribution is -1.97. The van der Waals surface area contributed by atoms with Crippen LogP contribution in [0.3, 0.4) is 0 Å². The first-order chi connectivity index (χ1) is 8.64. The zero-order chi connectivity index (χ0) is 14.5. The molecule has 0 amide bonds. The maximum absolute atomic E-state index is 11.2. The zero-order valence-electron chi connectivity index (χ0n) is 12.3. The van der Waals surface area contributed by atoms with Crippen molar-refractivity contribution in [3.8, 4) is 0 Å². The van der Waals surface area contributed by atoms with Crippen molar-refractivity contribution in [1.29, 1.82) is 0 Å². The Bertz CT molecular complexity index is 690. The largest absolute Gasteiger partial charge is 0.478 e. The summed E-state index contributed by atoms with van der Waals surface area (Å²) in [4.78, 5) is 11.2. The van der Waals surface area contributed by atoms with E-state index in [1.807, 2.05) is 0 Å². The van der Waals surface area contributed by atoms with E-state index in [-0.39, 0.29) is 17.7 Å². The third-order valence-corrected chi connectivity index (χ3v) is 1.85. The van der Waals surface area contributed by atoms with Gasteiger partial charge in [0.2, 0.25) is 0 Å². The van der Waals surface area contributed by atoms with Crippen LogP contribution in [0.2, 0.25) is 0 Å². The van der Waals surface area contributed by atoms with Crippen molar-refractivity contribution >= 4 is 11.5 Å². The Morgan fingerprint density at radius 1 is 1.79 bits per heavy atom. The quantitative estimate of drug-likeness (QED) is 0.752. The molecule has 2 heterocycles. The molecule has 0 aromatic carbocycles. The van der Waals surface area contributed by atoms with Crippen LogP contribution in [0.25, 0.3) is 5.52 Å². The summed E-state index contributed by atoms with van der Waals surface area (Å²) in [5.41, 5.74) is -0.621. The fraction of sp³-hybridized carbons (Fsp3) is 0.200. The van der Waals surface area contributed by atoms with Crippen molar-refractivity contribution < 1.29 is 16.8 Å². The standard InChI is InChI=1S/C10H10N2O2/c1-6-3-4-12-8(5-6)9(10(13)14)7(2)11-12/h3-5H,1-2H3,(H,13,14)/i2D3,3D,4D. The van der Waals surface area contributed by atoms with E-state index in [1.165, 1.54) is 6.07 Å². The van der Waals surface area contributed by atoms with Crippen molar-refractivity contribution in [2.24, 2.45) is 0 Å². The molecule has 0 aliphatic heterocycles. The van der Waals surface area contributed by atoms with Crippen LogP contribution in [-0.4, -0.2) is 20.7 Å². The number of aryl methyl sites for hydroxylation is 2. The van der Waals surface area contributed by atoms with Crippen LogP contribution < -0.4 is 0 Å². The van der Waals surface area contributed by atoms with Gasteiger partial charge in [0.1, 0.15) is 5.56 Å². The normalized spacial score (nSPS) is 16.8. The molecule has 0 spiro atoms. The molecule has 0 bridgehead atoms. The molecule has 0 radical (unpaired) electrons. The minimum absolute atomic E-state index is 0.0112. The summed E-state index contributed by atoms with van der Waals surface area (Å²) < 4.78 is 38.1. The average molecular weight is 195 g/mol. The van der Waals surface area contributed by atoms with Crippen LogP contribution in [0, 0.1) is 13.8 Å². The molecule has 4 heteroatoms. The molecule has 0 atom stereocenters. The minimum Gasteiger partial charge on any atom is -0.478 e. The second kappa shape index (κ2) is 2.83. The third-order valence-electron chi connectivity index (χ3n) is 1.85. The van der Waals surface area contributed by atoms with Gasteiger partial charge < -0.3 is 5.11 Å². The van der Waals surface area contributed by atoms with Gasteiger partial charge in [-0.15, -0.1) is 0 Å². The fourth-order valence-electron chi connectivity index (χ4n) is 1.24. The number of pyridine rings is 1. The first-order valence-corrected chi connectivity index (χ1v) is 3.88. The van der Waals surface area contributed by atoms with E-state index in [0.29, 0.717) is 5.56 Å². The van der Waals surface area contributed by atoms with Gasteiger partial charge in [-0.2, -0.15) is 5.10 Å². The van der Waals surface area contributed by atoms with Gasteiger partial charge >= 0.3 is 5.97 Å². The molecule has 72 valence electrons. The number of carboxylic acid groups (broad SMARTS) is 1. The van der Waals surface area contributed by atoms with Gasteiger partial charge in [0, 0.05) is 10.3 Å². The van der Waals surface area contributed by atoms with Gasteiger partial charge in [0.25, 0.3) is 0 Å². The Kier molecular flexibility index (Phi) is 0.930. The summed E-state index contributed by atoms with van der Waals surface area (Å²) in [5.74, 6) is -1.42. The molecule has 2 rings (SSSR count). The number of aromatic nitrogens is 2. The Labute approximate surface area is 87.8 Å². The van der Waals surface area contributed by atoms with E-state index >= 15 is 0 Å². The van der Waals surface area contributed by atoms with Crippen LogP contribution in [0.4, 0.5) is 0 Å². The predicted molar refractivity (Wildman–Crippen MR) is 51.6 cm³/mol. The maximum atomic E-state index is 11.2. The highest BCUT2D eigenvalue weighted by Gasteiger charge is 2.15. The van der Waals surface area contributed by atoms with Crippen molar-refractivity contribution in [3.63, 3.8) is 0 Å². The first kappa shape index (κ1) is 4.59. The molecule has 2 aromatic rings. The zero-order valence-corrected chi connectivity index (χ0v) is 7.33. The van der Waals surface area contributed by atoms with Crippen LogP contribution in [-0.2, 0) is 0 Å². The van der Waals surface area contributed by atoms with Gasteiger partial charge in [0.05, 0.1) is 14.0 Å². The number of aromatic carboxylic acids is 1. The van der Waals surface area contributed by atoms with Crippen molar-refractivity contribution in [2.45, 2.75) is 13.8 Å². The van der Waals surface area contributed by atoms with Crippen LogP contribution in [0.15, 0.2) is 18.3 Å². The monoisotopic (exact) mass is 195 g/mol. The molecule has 14 heavy (non-hydrogen) atoms. The molecular weight excluding hydrogens is 180 g/mol. The topological polar surface area (TPSA) is 54.6 Å². The molecule has 2 aromatic heterocycles.